The van der Waals surface area contributed by atoms with Crippen molar-refractivity contribution in [3.63, 3.8) is 0 Å². The number of hydrogen-bond acceptors (Lipinski definition) is 4. The average Bonchev–Trinajstić information content (AvgIpc) is 2.83. The van der Waals surface area contributed by atoms with Crippen molar-refractivity contribution in [2.75, 3.05) is 6.54 Å². The van der Waals surface area contributed by atoms with Gasteiger partial charge in [0.05, 0.1) is 28.1 Å². The molecule has 0 bridgehead atoms. The van der Waals surface area contributed by atoms with E-state index in [-0.39, 0.29) is 6.04 Å². The summed E-state index contributed by atoms with van der Waals surface area (Å²) >= 11 is 6.50. The lowest BCUT2D eigenvalue weighted by molar-refractivity contribution is 0.505. The first-order valence-corrected chi connectivity index (χ1v) is 7.82. The minimum Gasteiger partial charge on any atom is -0.309 e. The molecule has 0 aromatic carbocycles. The molecule has 114 valence electrons. The van der Waals surface area contributed by atoms with Gasteiger partial charge < -0.3 is 5.32 Å². The fourth-order valence-electron chi connectivity index (χ4n) is 2.44. The maximum absolute atomic E-state index is 6.50. The second-order valence-corrected chi connectivity index (χ2v) is 5.20. The van der Waals surface area contributed by atoms with E-state index in [1.54, 1.807) is 12.5 Å². The van der Waals surface area contributed by atoms with E-state index in [1.165, 1.54) is 0 Å². The van der Waals surface area contributed by atoms with Gasteiger partial charge in [-0.1, -0.05) is 25.4 Å². The first kappa shape index (κ1) is 15.9. The van der Waals surface area contributed by atoms with Gasteiger partial charge in [0.25, 0.3) is 0 Å². The Morgan fingerprint density at radius 1 is 1.33 bits per heavy atom. The molecule has 1 atom stereocenters. The highest BCUT2D eigenvalue weighted by atomic mass is 35.5. The number of aromatic nitrogens is 4. The van der Waals surface area contributed by atoms with Gasteiger partial charge in [-0.3, -0.25) is 4.68 Å². The van der Waals surface area contributed by atoms with Crippen molar-refractivity contribution in [1.82, 2.24) is 25.1 Å². The molecule has 1 unspecified atom stereocenters. The molecule has 2 rings (SSSR count). The highest BCUT2D eigenvalue weighted by Gasteiger charge is 2.20. The van der Waals surface area contributed by atoms with Gasteiger partial charge in [-0.2, -0.15) is 5.10 Å². The standard InChI is InChI=1S/C15H22ClN5/c1-4-11-15(16)14(21(6-3)20-11)9-13(18-5-2)12-7-8-17-10-19-12/h7-8,10,13,18H,4-6,9H2,1-3H3. The molecule has 21 heavy (non-hydrogen) atoms. The SMILES string of the molecule is CCNC(Cc1c(Cl)c(CC)nn1CC)c1ccncn1. The Labute approximate surface area is 130 Å². The molecule has 2 heterocycles. The molecular weight excluding hydrogens is 286 g/mol. The highest BCUT2D eigenvalue weighted by Crippen LogP contribution is 2.26. The van der Waals surface area contributed by atoms with Gasteiger partial charge in [0.15, 0.2) is 0 Å². The fraction of sp³-hybridized carbons (Fsp3) is 0.533. The van der Waals surface area contributed by atoms with Crippen LogP contribution in [0.2, 0.25) is 5.02 Å². The van der Waals surface area contributed by atoms with Gasteiger partial charge in [0.2, 0.25) is 0 Å². The summed E-state index contributed by atoms with van der Waals surface area (Å²) in [5.41, 5.74) is 3.01. The van der Waals surface area contributed by atoms with Crippen LogP contribution in [0.1, 0.15) is 43.9 Å². The average molecular weight is 308 g/mol. The summed E-state index contributed by atoms with van der Waals surface area (Å²) in [6, 6.07) is 2.05. The number of likely N-dealkylation sites (N-methyl/N-ethyl adjacent to an activating group) is 1. The van der Waals surface area contributed by atoms with Crippen LogP contribution >= 0.6 is 11.6 Å². The Morgan fingerprint density at radius 2 is 2.14 bits per heavy atom. The first-order chi connectivity index (χ1) is 10.2. The lowest BCUT2D eigenvalue weighted by Gasteiger charge is -2.18. The minimum absolute atomic E-state index is 0.113. The summed E-state index contributed by atoms with van der Waals surface area (Å²) in [6.07, 6.45) is 4.96. The molecule has 0 fully saturated rings. The number of hydrogen-bond donors (Lipinski definition) is 1. The Balaban J connectivity index is 2.31. The molecule has 0 amide bonds. The highest BCUT2D eigenvalue weighted by molar-refractivity contribution is 6.31. The number of nitrogens with zero attached hydrogens (tertiary/aromatic N) is 4. The van der Waals surface area contributed by atoms with Crippen molar-refractivity contribution < 1.29 is 0 Å². The topological polar surface area (TPSA) is 55.6 Å². The molecule has 2 aromatic heterocycles. The van der Waals surface area contributed by atoms with Gasteiger partial charge >= 0.3 is 0 Å². The van der Waals surface area contributed by atoms with E-state index in [4.69, 9.17) is 11.6 Å². The molecule has 6 heteroatoms. The van der Waals surface area contributed by atoms with E-state index < -0.39 is 0 Å². The molecule has 1 N–H and O–H groups in total. The van der Waals surface area contributed by atoms with Crippen LogP contribution in [-0.2, 0) is 19.4 Å². The number of nitrogens with one attached hydrogen (secondary N) is 1. The van der Waals surface area contributed by atoms with Crippen LogP contribution in [0.4, 0.5) is 0 Å². The van der Waals surface area contributed by atoms with E-state index in [9.17, 15) is 0 Å². The quantitative estimate of drug-likeness (QED) is 0.854. The van der Waals surface area contributed by atoms with Crippen molar-refractivity contribution in [2.45, 2.75) is 46.2 Å². The zero-order chi connectivity index (χ0) is 15.2. The minimum atomic E-state index is 0.113. The summed E-state index contributed by atoms with van der Waals surface area (Å²) in [5.74, 6) is 0. The molecule has 0 aliphatic heterocycles. The van der Waals surface area contributed by atoms with Gasteiger partial charge in [0.1, 0.15) is 6.33 Å². The van der Waals surface area contributed by atoms with Gasteiger partial charge in [-0.05, 0) is 26.0 Å². The zero-order valence-electron chi connectivity index (χ0n) is 12.8. The second kappa shape index (κ2) is 7.52. The molecule has 0 radical (unpaired) electrons. The van der Waals surface area contributed by atoms with Crippen LogP contribution in [0.5, 0.6) is 0 Å². The molecule has 5 nitrogen and oxygen atoms in total. The Morgan fingerprint density at radius 3 is 2.71 bits per heavy atom. The van der Waals surface area contributed by atoms with Gasteiger partial charge in [-0.15, -0.1) is 0 Å². The largest absolute Gasteiger partial charge is 0.309 e. The summed E-state index contributed by atoms with van der Waals surface area (Å²) in [7, 11) is 0. The van der Waals surface area contributed by atoms with Crippen molar-refractivity contribution in [3.8, 4) is 0 Å². The summed E-state index contributed by atoms with van der Waals surface area (Å²) in [4.78, 5) is 8.34. The first-order valence-electron chi connectivity index (χ1n) is 7.44. The van der Waals surface area contributed by atoms with Gasteiger partial charge in [-0.25, -0.2) is 9.97 Å². The molecule has 2 aromatic rings. The number of aryl methyl sites for hydroxylation is 2. The number of rotatable bonds is 7. The summed E-state index contributed by atoms with van der Waals surface area (Å²) in [6.45, 7) is 7.93. The molecule has 0 aliphatic carbocycles. The third-order valence-corrected chi connectivity index (χ3v) is 3.94. The number of halogens is 1. The maximum Gasteiger partial charge on any atom is 0.115 e. The third-order valence-electron chi connectivity index (χ3n) is 3.50. The smallest absolute Gasteiger partial charge is 0.115 e. The lowest BCUT2D eigenvalue weighted by Crippen LogP contribution is -2.25. The summed E-state index contributed by atoms with van der Waals surface area (Å²) < 4.78 is 1.99. The Bertz CT molecular complexity index is 567. The normalized spacial score (nSPS) is 12.6. The van der Waals surface area contributed by atoms with E-state index in [2.05, 4.69) is 41.2 Å². The fourth-order valence-corrected chi connectivity index (χ4v) is 2.79. The van der Waals surface area contributed by atoms with Crippen LogP contribution in [0.3, 0.4) is 0 Å². The zero-order valence-corrected chi connectivity index (χ0v) is 13.6. The second-order valence-electron chi connectivity index (χ2n) is 4.83. The Hall–Kier alpha value is -1.46. The summed E-state index contributed by atoms with van der Waals surface area (Å²) in [5, 5.41) is 8.83. The molecule has 0 saturated heterocycles. The Kier molecular flexibility index (Phi) is 5.70. The maximum atomic E-state index is 6.50. The van der Waals surface area contributed by atoms with Crippen LogP contribution < -0.4 is 5.32 Å². The lowest BCUT2D eigenvalue weighted by atomic mass is 10.1. The van der Waals surface area contributed by atoms with Crippen molar-refractivity contribution in [3.05, 3.63) is 40.7 Å². The van der Waals surface area contributed by atoms with Crippen LogP contribution in [-0.4, -0.2) is 26.3 Å². The van der Waals surface area contributed by atoms with Crippen LogP contribution in [0.25, 0.3) is 0 Å². The monoisotopic (exact) mass is 307 g/mol. The van der Waals surface area contributed by atoms with Crippen LogP contribution in [0.15, 0.2) is 18.6 Å². The molecule has 0 spiro atoms. The molecule has 0 aliphatic rings. The van der Waals surface area contributed by atoms with E-state index in [0.29, 0.717) is 0 Å². The van der Waals surface area contributed by atoms with Crippen molar-refractivity contribution >= 4 is 11.6 Å². The van der Waals surface area contributed by atoms with Gasteiger partial charge in [0, 0.05) is 19.2 Å². The third kappa shape index (κ3) is 3.60. The van der Waals surface area contributed by atoms with E-state index >= 15 is 0 Å². The van der Waals surface area contributed by atoms with Crippen LogP contribution in [0, 0.1) is 0 Å². The van der Waals surface area contributed by atoms with Crippen molar-refractivity contribution in [2.24, 2.45) is 0 Å². The predicted molar refractivity (Wildman–Crippen MR) is 84.4 cm³/mol. The predicted octanol–water partition coefficient (Wildman–Crippen LogP) is 2.80. The van der Waals surface area contributed by atoms with Crippen molar-refractivity contribution in [1.29, 1.82) is 0 Å². The molecular formula is C15H22ClN5. The molecule has 0 saturated carbocycles. The van der Waals surface area contributed by atoms with E-state index in [1.807, 2.05) is 10.7 Å². The van der Waals surface area contributed by atoms with E-state index in [0.717, 1.165) is 48.0 Å².